The van der Waals surface area contributed by atoms with Crippen LogP contribution in [0.3, 0.4) is 0 Å². The second kappa shape index (κ2) is 8.74. The van der Waals surface area contributed by atoms with Crippen LogP contribution in [0.2, 0.25) is 0 Å². The number of nitrogens with zero attached hydrogens (tertiary/aromatic N) is 2. The fraction of sp³-hybridized carbons (Fsp3) is 0.500. The van der Waals surface area contributed by atoms with Gasteiger partial charge >= 0.3 is 0 Å². The second-order valence-corrected chi connectivity index (χ2v) is 7.22. The quantitative estimate of drug-likeness (QED) is 0.610. The molecule has 0 aliphatic rings. The van der Waals surface area contributed by atoms with Crippen molar-refractivity contribution in [3.05, 3.63) is 47.2 Å². The van der Waals surface area contributed by atoms with Crippen molar-refractivity contribution < 1.29 is 9.15 Å². The van der Waals surface area contributed by atoms with Crippen LogP contribution in [0.5, 0.6) is 5.75 Å². The molecule has 26 heavy (non-hydrogen) atoms. The Kier molecular flexibility index (Phi) is 6.66. The summed E-state index contributed by atoms with van der Waals surface area (Å²) in [6.07, 6.45) is 1.79. The fourth-order valence-corrected chi connectivity index (χ4v) is 2.45. The van der Waals surface area contributed by atoms with Gasteiger partial charge in [0, 0.05) is 12.0 Å². The summed E-state index contributed by atoms with van der Waals surface area (Å²) in [6, 6.07) is 6.10. The highest BCUT2D eigenvalue weighted by Gasteiger charge is 2.19. The molecule has 0 spiro atoms. The van der Waals surface area contributed by atoms with Crippen molar-refractivity contribution >= 4 is 5.96 Å². The van der Waals surface area contributed by atoms with E-state index in [1.165, 1.54) is 0 Å². The standard InChI is InChI=1S/C20H30N4O2/c1-7-21-19(23-11-15-8-9-16(25-6)14(2)10-15)24-13-18-22-12-17(26-18)20(3,4)5/h8-10,12H,7,11,13H2,1-6H3,(H2,21,23,24). The molecule has 1 aromatic carbocycles. The van der Waals surface area contributed by atoms with E-state index in [1.807, 2.05) is 26.0 Å². The molecule has 1 heterocycles. The molecule has 0 aliphatic carbocycles. The van der Waals surface area contributed by atoms with E-state index in [2.05, 4.69) is 47.4 Å². The first-order valence-corrected chi connectivity index (χ1v) is 8.94. The highest BCUT2D eigenvalue weighted by Crippen LogP contribution is 2.22. The van der Waals surface area contributed by atoms with Gasteiger partial charge in [-0.2, -0.15) is 0 Å². The average molecular weight is 358 g/mol. The monoisotopic (exact) mass is 358 g/mol. The fourth-order valence-electron chi connectivity index (χ4n) is 2.45. The summed E-state index contributed by atoms with van der Waals surface area (Å²) in [5.41, 5.74) is 2.19. The molecule has 0 aliphatic heterocycles. The Morgan fingerprint density at radius 2 is 2.04 bits per heavy atom. The molecule has 0 saturated heterocycles. The van der Waals surface area contributed by atoms with Crippen molar-refractivity contribution in [3.63, 3.8) is 0 Å². The van der Waals surface area contributed by atoms with E-state index >= 15 is 0 Å². The number of aliphatic imine (C=N–C) groups is 1. The molecule has 0 amide bonds. The minimum atomic E-state index is -0.0456. The molecule has 2 aromatic rings. The van der Waals surface area contributed by atoms with Gasteiger partial charge in [-0.25, -0.2) is 9.98 Å². The Morgan fingerprint density at radius 1 is 1.27 bits per heavy atom. The zero-order valence-corrected chi connectivity index (χ0v) is 16.6. The summed E-state index contributed by atoms with van der Waals surface area (Å²) < 4.78 is 11.1. The second-order valence-electron chi connectivity index (χ2n) is 7.22. The van der Waals surface area contributed by atoms with Crippen molar-refractivity contribution in [2.45, 2.75) is 53.1 Å². The molecule has 142 valence electrons. The normalized spacial score (nSPS) is 12.2. The molecule has 0 fully saturated rings. The molecule has 0 bridgehead atoms. The molecule has 1 aromatic heterocycles. The van der Waals surface area contributed by atoms with Crippen LogP contribution >= 0.6 is 0 Å². The topological polar surface area (TPSA) is 71.7 Å². The van der Waals surface area contributed by atoms with E-state index in [1.54, 1.807) is 13.3 Å². The van der Waals surface area contributed by atoms with Gasteiger partial charge in [0.2, 0.25) is 5.89 Å². The summed E-state index contributed by atoms with van der Waals surface area (Å²) >= 11 is 0. The highest BCUT2D eigenvalue weighted by atomic mass is 16.5. The number of ether oxygens (including phenoxy) is 1. The summed E-state index contributed by atoms with van der Waals surface area (Å²) in [4.78, 5) is 8.97. The zero-order chi connectivity index (χ0) is 19.2. The van der Waals surface area contributed by atoms with Crippen molar-refractivity contribution in [1.29, 1.82) is 0 Å². The van der Waals surface area contributed by atoms with E-state index in [0.29, 0.717) is 19.0 Å². The zero-order valence-electron chi connectivity index (χ0n) is 16.6. The Hall–Kier alpha value is -2.50. The molecule has 6 heteroatoms. The first-order valence-electron chi connectivity index (χ1n) is 8.94. The van der Waals surface area contributed by atoms with Crippen LogP contribution in [0.15, 0.2) is 33.8 Å². The first-order chi connectivity index (χ1) is 12.3. The lowest BCUT2D eigenvalue weighted by atomic mass is 9.94. The molecular weight excluding hydrogens is 328 g/mol. The Bertz CT molecular complexity index is 745. The van der Waals surface area contributed by atoms with Crippen LogP contribution < -0.4 is 15.4 Å². The van der Waals surface area contributed by atoms with Gasteiger partial charge in [0.15, 0.2) is 5.96 Å². The van der Waals surface area contributed by atoms with E-state index in [4.69, 9.17) is 9.15 Å². The molecule has 6 nitrogen and oxygen atoms in total. The molecule has 0 radical (unpaired) electrons. The summed E-state index contributed by atoms with van der Waals surface area (Å²) in [5.74, 6) is 3.16. The lowest BCUT2D eigenvalue weighted by Crippen LogP contribution is -2.36. The van der Waals surface area contributed by atoms with Crippen LogP contribution in [0, 0.1) is 6.92 Å². The van der Waals surface area contributed by atoms with Gasteiger partial charge in [0.1, 0.15) is 11.5 Å². The molecule has 0 unspecified atom stereocenters. The van der Waals surface area contributed by atoms with Gasteiger partial charge < -0.3 is 19.8 Å². The van der Waals surface area contributed by atoms with E-state index in [9.17, 15) is 0 Å². The van der Waals surface area contributed by atoms with E-state index in [-0.39, 0.29) is 5.41 Å². The predicted molar refractivity (Wildman–Crippen MR) is 105 cm³/mol. The third-order valence-electron chi connectivity index (χ3n) is 3.92. The number of nitrogens with one attached hydrogen (secondary N) is 2. The minimum Gasteiger partial charge on any atom is -0.496 e. The van der Waals surface area contributed by atoms with Gasteiger partial charge in [0.05, 0.1) is 26.4 Å². The van der Waals surface area contributed by atoms with Gasteiger partial charge in [-0.1, -0.05) is 32.9 Å². The van der Waals surface area contributed by atoms with Crippen LogP contribution in [0.1, 0.15) is 50.5 Å². The maximum Gasteiger partial charge on any atom is 0.213 e. The number of benzene rings is 1. The molecular formula is C20H30N4O2. The average Bonchev–Trinajstić information content (AvgIpc) is 3.07. The van der Waals surface area contributed by atoms with E-state index in [0.717, 1.165) is 35.1 Å². The number of oxazole rings is 1. The minimum absolute atomic E-state index is 0.0456. The summed E-state index contributed by atoms with van der Waals surface area (Å²) in [5, 5.41) is 6.51. The van der Waals surface area contributed by atoms with Gasteiger partial charge in [-0.15, -0.1) is 0 Å². The van der Waals surface area contributed by atoms with E-state index < -0.39 is 0 Å². The number of methoxy groups -OCH3 is 1. The lowest BCUT2D eigenvalue weighted by Gasteiger charge is -2.13. The van der Waals surface area contributed by atoms with Crippen molar-refractivity contribution in [2.24, 2.45) is 4.99 Å². The van der Waals surface area contributed by atoms with Gasteiger partial charge in [-0.05, 0) is 31.0 Å². The van der Waals surface area contributed by atoms with Crippen LogP contribution in [0.25, 0.3) is 0 Å². The lowest BCUT2D eigenvalue weighted by molar-refractivity contribution is 0.379. The SMILES string of the molecule is CCNC(=NCc1ccc(OC)c(C)c1)NCc1ncc(C(C)(C)C)o1. The van der Waals surface area contributed by atoms with Crippen LogP contribution in [0.4, 0.5) is 0 Å². The Balaban J connectivity index is 2.00. The number of aromatic nitrogens is 1. The predicted octanol–water partition coefficient (Wildman–Crippen LogP) is 3.54. The molecule has 0 saturated carbocycles. The third-order valence-corrected chi connectivity index (χ3v) is 3.92. The first kappa shape index (κ1) is 19.8. The summed E-state index contributed by atoms with van der Waals surface area (Å²) in [7, 11) is 1.68. The van der Waals surface area contributed by atoms with Crippen LogP contribution in [-0.4, -0.2) is 24.6 Å². The van der Waals surface area contributed by atoms with Crippen molar-refractivity contribution in [1.82, 2.24) is 15.6 Å². The Labute approximate surface area is 156 Å². The van der Waals surface area contributed by atoms with Gasteiger partial charge in [-0.3, -0.25) is 0 Å². The molecule has 2 N–H and O–H groups in total. The Morgan fingerprint density at radius 3 is 2.62 bits per heavy atom. The van der Waals surface area contributed by atoms with Crippen molar-refractivity contribution in [3.8, 4) is 5.75 Å². The number of guanidine groups is 1. The molecule has 2 rings (SSSR count). The summed E-state index contributed by atoms with van der Waals surface area (Å²) in [6.45, 7) is 12.2. The number of aryl methyl sites for hydroxylation is 1. The third kappa shape index (κ3) is 5.51. The van der Waals surface area contributed by atoms with Crippen molar-refractivity contribution in [2.75, 3.05) is 13.7 Å². The largest absolute Gasteiger partial charge is 0.496 e. The maximum atomic E-state index is 5.81. The number of rotatable bonds is 6. The smallest absolute Gasteiger partial charge is 0.213 e. The highest BCUT2D eigenvalue weighted by molar-refractivity contribution is 5.79. The maximum absolute atomic E-state index is 5.81. The number of hydrogen-bond acceptors (Lipinski definition) is 4. The number of hydrogen-bond donors (Lipinski definition) is 2. The molecule has 0 atom stereocenters. The van der Waals surface area contributed by atoms with Crippen LogP contribution in [-0.2, 0) is 18.5 Å². The van der Waals surface area contributed by atoms with Gasteiger partial charge in [0.25, 0.3) is 0 Å².